The van der Waals surface area contributed by atoms with Crippen LogP contribution in [-0.4, -0.2) is 40.7 Å². The van der Waals surface area contributed by atoms with Gasteiger partial charge in [0.25, 0.3) is 0 Å². The first-order valence-electron chi connectivity index (χ1n) is 12.3. The molecule has 0 bridgehead atoms. The molecule has 6 nitrogen and oxygen atoms in total. The molecule has 1 saturated heterocycles. The number of hydrogen-bond donors (Lipinski definition) is 1. The standard InChI is InChI=1S/C28H21F4N3O3S/c29-19-12-15(16-13-21(33-14-16)25(36)38-26(37)28(30,31)32)6-7-18(19)23-34-20-8-9-22(35-24(20)39-23)27(10-11-27)17-4-2-1-3-5-17/h1-9,12,16,21,33H,10-11,13-14H2/t16-,21-/m0/s1. The lowest BCUT2D eigenvalue weighted by atomic mass is 9.92. The normalized spacial score (nSPS) is 20.2. The number of ether oxygens (including phenoxy) is 1. The number of nitrogens with one attached hydrogen (secondary N) is 1. The van der Waals surface area contributed by atoms with E-state index in [2.05, 4.69) is 27.2 Å². The third kappa shape index (κ3) is 4.80. The SMILES string of the molecule is O=C(OC(=O)C(F)(F)F)[C@@H]1C[C@H](c2ccc(-c3nc4ccc(C5(c6ccccc6)CC5)nc4s3)c(F)c2)CN1. The van der Waals surface area contributed by atoms with E-state index < -0.39 is 30.0 Å². The minimum atomic E-state index is -5.26. The van der Waals surface area contributed by atoms with E-state index in [1.54, 1.807) is 12.1 Å². The number of fused-ring (bicyclic) bond motifs is 1. The molecule has 4 aromatic rings. The van der Waals surface area contributed by atoms with Crippen molar-refractivity contribution in [2.45, 2.75) is 42.8 Å². The summed E-state index contributed by atoms with van der Waals surface area (Å²) in [6.45, 7) is 0.218. The van der Waals surface area contributed by atoms with Crippen molar-refractivity contribution in [3.8, 4) is 10.6 Å². The molecule has 2 atom stereocenters. The molecule has 0 radical (unpaired) electrons. The average Bonchev–Trinajstić information content (AvgIpc) is 3.37. The van der Waals surface area contributed by atoms with Crippen LogP contribution >= 0.6 is 11.3 Å². The predicted octanol–water partition coefficient (Wildman–Crippen LogP) is 5.65. The van der Waals surface area contributed by atoms with E-state index in [-0.39, 0.29) is 24.3 Å². The van der Waals surface area contributed by atoms with E-state index in [9.17, 15) is 22.8 Å². The molecule has 1 N–H and O–H groups in total. The van der Waals surface area contributed by atoms with Crippen molar-refractivity contribution in [1.29, 1.82) is 0 Å². The van der Waals surface area contributed by atoms with Crippen LogP contribution in [0.2, 0.25) is 0 Å². The topological polar surface area (TPSA) is 81.2 Å². The summed E-state index contributed by atoms with van der Waals surface area (Å²) in [6.07, 6.45) is -3.15. The highest BCUT2D eigenvalue weighted by Gasteiger charge is 2.47. The van der Waals surface area contributed by atoms with Gasteiger partial charge in [-0.05, 0) is 60.6 Å². The van der Waals surface area contributed by atoms with Crippen molar-refractivity contribution in [3.63, 3.8) is 0 Å². The first kappa shape index (κ1) is 25.6. The maximum atomic E-state index is 15.2. The number of alkyl halides is 3. The summed E-state index contributed by atoms with van der Waals surface area (Å²) < 4.78 is 56.3. The summed E-state index contributed by atoms with van der Waals surface area (Å²) in [5.41, 5.74) is 3.68. The molecule has 3 heterocycles. The van der Waals surface area contributed by atoms with Crippen LogP contribution in [0.4, 0.5) is 17.6 Å². The van der Waals surface area contributed by atoms with Gasteiger partial charge in [-0.25, -0.2) is 23.9 Å². The number of halogens is 4. The van der Waals surface area contributed by atoms with Crippen LogP contribution in [0.1, 0.15) is 42.0 Å². The largest absolute Gasteiger partial charge is 0.491 e. The first-order chi connectivity index (χ1) is 18.6. The first-order valence-corrected chi connectivity index (χ1v) is 13.2. The molecule has 2 aromatic heterocycles. The van der Waals surface area contributed by atoms with Crippen molar-refractivity contribution in [2.24, 2.45) is 0 Å². The third-order valence-electron chi connectivity index (χ3n) is 7.36. The van der Waals surface area contributed by atoms with Crippen molar-refractivity contribution in [2.75, 3.05) is 6.54 Å². The zero-order valence-electron chi connectivity index (χ0n) is 20.3. The van der Waals surface area contributed by atoms with Crippen LogP contribution in [0.5, 0.6) is 0 Å². The Morgan fingerprint density at radius 2 is 1.79 bits per heavy atom. The predicted molar refractivity (Wildman–Crippen MR) is 136 cm³/mol. The van der Waals surface area contributed by atoms with Gasteiger partial charge >= 0.3 is 18.1 Å². The number of carbonyl (C=O) groups is 2. The number of rotatable bonds is 5. The van der Waals surface area contributed by atoms with Gasteiger partial charge in [0.15, 0.2) is 0 Å². The number of thiazole rings is 1. The molecular formula is C28H21F4N3O3S. The molecule has 2 fully saturated rings. The number of pyridine rings is 1. The van der Waals surface area contributed by atoms with Crippen LogP contribution in [0, 0.1) is 5.82 Å². The summed E-state index contributed by atoms with van der Waals surface area (Å²) in [4.78, 5) is 33.1. The molecule has 6 rings (SSSR count). The number of nitrogens with zero attached hydrogens (tertiary/aromatic N) is 2. The maximum absolute atomic E-state index is 15.2. The summed E-state index contributed by atoms with van der Waals surface area (Å²) in [7, 11) is 0. The molecule has 39 heavy (non-hydrogen) atoms. The molecule has 0 amide bonds. The van der Waals surface area contributed by atoms with Crippen molar-refractivity contribution < 1.29 is 31.9 Å². The number of aromatic nitrogens is 2. The highest BCUT2D eigenvalue weighted by atomic mass is 32.1. The number of benzene rings is 2. The fourth-order valence-electron chi connectivity index (χ4n) is 5.12. The Bertz CT molecular complexity index is 1580. The highest BCUT2D eigenvalue weighted by Crippen LogP contribution is 2.53. The molecule has 2 aliphatic rings. The van der Waals surface area contributed by atoms with E-state index in [1.807, 2.05) is 30.3 Å². The lowest BCUT2D eigenvalue weighted by molar-refractivity contribution is -0.202. The smallest absolute Gasteiger partial charge is 0.385 e. The van der Waals surface area contributed by atoms with Gasteiger partial charge in [-0.3, -0.25) is 0 Å². The van der Waals surface area contributed by atoms with Gasteiger partial charge in [0, 0.05) is 17.5 Å². The molecule has 0 spiro atoms. The Labute approximate surface area is 224 Å². The van der Waals surface area contributed by atoms with E-state index >= 15 is 4.39 Å². The van der Waals surface area contributed by atoms with Crippen LogP contribution in [0.25, 0.3) is 20.9 Å². The molecule has 11 heteroatoms. The molecule has 1 saturated carbocycles. The number of hydrogen-bond acceptors (Lipinski definition) is 7. The molecule has 1 aliphatic heterocycles. The highest BCUT2D eigenvalue weighted by molar-refractivity contribution is 7.21. The Kier molecular flexibility index (Phi) is 6.22. The van der Waals surface area contributed by atoms with Crippen molar-refractivity contribution in [1.82, 2.24) is 15.3 Å². The van der Waals surface area contributed by atoms with Gasteiger partial charge in [-0.15, -0.1) is 0 Å². The number of esters is 2. The average molecular weight is 556 g/mol. The van der Waals surface area contributed by atoms with Gasteiger partial charge in [0.05, 0.1) is 5.69 Å². The summed E-state index contributed by atoms with van der Waals surface area (Å²) in [6, 6.07) is 17.7. The Morgan fingerprint density at radius 1 is 1.03 bits per heavy atom. The second kappa shape index (κ2) is 9.49. The second-order valence-electron chi connectivity index (χ2n) is 9.83. The van der Waals surface area contributed by atoms with Gasteiger partial charge in [0.1, 0.15) is 27.2 Å². The zero-order valence-corrected chi connectivity index (χ0v) is 21.1. The zero-order chi connectivity index (χ0) is 27.4. The molecule has 2 aromatic carbocycles. The summed E-state index contributed by atoms with van der Waals surface area (Å²) in [5, 5.41) is 3.23. The Morgan fingerprint density at radius 3 is 2.49 bits per heavy atom. The van der Waals surface area contributed by atoms with E-state index in [4.69, 9.17) is 4.98 Å². The monoisotopic (exact) mass is 555 g/mol. The fourth-order valence-corrected chi connectivity index (χ4v) is 6.09. The summed E-state index contributed by atoms with van der Waals surface area (Å²) >= 11 is 1.31. The molecule has 0 unspecified atom stereocenters. The lowest BCUT2D eigenvalue weighted by Gasteiger charge is -2.14. The van der Waals surface area contributed by atoms with E-state index in [0.717, 1.165) is 23.4 Å². The maximum Gasteiger partial charge on any atom is 0.491 e. The fraction of sp³-hybridized carbons (Fsp3) is 0.286. The second-order valence-corrected chi connectivity index (χ2v) is 10.8. The third-order valence-corrected chi connectivity index (χ3v) is 8.36. The van der Waals surface area contributed by atoms with Crippen molar-refractivity contribution in [3.05, 3.63) is 83.3 Å². The van der Waals surface area contributed by atoms with Crippen molar-refractivity contribution >= 4 is 33.6 Å². The van der Waals surface area contributed by atoms with E-state index in [1.165, 1.54) is 23.0 Å². The molecule has 200 valence electrons. The quantitative estimate of drug-likeness (QED) is 0.195. The number of carbonyl (C=O) groups excluding carboxylic acids is 2. The minimum Gasteiger partial charge on any atom is -0.385 e. The van der Waals surface area contributed by atoms with Gasteiger partial charge in [-0.2, -0.15) is 13.2 Å². The van der Waals surface area contributed by atoms with Gasteiger partial charge in [0.2, 0.25) is 0 Å². The van der Waals surface area contributed by atoms with E-state index in [0.29, 0.717) is 21.7 Å². The molecular weight excluding hydrogens is 534 g/mol. The minimum absolute atomic E-state index is 0.0692. The van der Waals surface area contributed by atoms with Gasteiger partial charge < -0.3 is 10.1 Å². The van der Waals surface area contributed by atoms with Crippen LogP contribution in [0.15, 0.2) is 60.7 Å². The van der Waals surface area contributed by atoms with Crippen LogP contribution < -0.4 is 5.32 Å². The Balaban J connectivity index is 1.19. The van der Waals surface area contributed by atoms with Crippen LogP contribution in [-0.2, 0) is 19.7 Å². The molecule has 1 aliphatic carbocycles. The summed E-state index contributed by atoms with van der Waals surface area (Å²) in [5.74, 6) is -4.72. The van der Waals surface area contributed by atoms with Crippen LogP contribution in [0.3, 0.4) is 0 Å². The Hall–Kier alpha value is -3.70. The van der Waals surface area contributed by atoms with Gasteiger partial charge in [-0.1, -0.05) is 47.7 Å². The lowest BCUT2D eigenvalue weighted by Crippen LogP contribution is -2.37.